The molecule has 4 heterocycles. The highest BCUT2D eigenvalue weighted by atomic mass is 35.5. The molecule has 0 unspecified atom stereocenters. The second kappa shape index (κ2) is 7.17. The number of thiophene rings is 1. The molecule has 5 rings (SSSR count). The fourth-order valence-electron chi connectivity index (χ4n) is 3.67. The van der Waals surface area contributed by atoms with Crippen LogP contribution in [0.15, 0.2) is 59.5 Å². The van der Waals surface area contributed by atoms with Gasteiger partial charge in [0.05, 0.1) is 21.0 Å². The molecule has 0 bridgehead atoms. The molecule has 1 aliphatic heterocycles. The summed E-state index contributed by atoms with van der Waals surface area (Å²) in [5.74, 6) is -0.0553. The van der Waals surface area contributed by atoms with Gasteiger partial charge in [-0.05, 0) is 30.3 Å². The van der Waals surface area contributed by atoms with E-state index < -0.39 is 0 Å². The number of carbonyl (C=O) groups excluding carboxylic acids is 1. The fraction of sp³-hybridized carbons (Fsp3) is 0.190. The minimum atomic E-state index is -0.149. The maximum absolute atomic E-state index is 13.0. The molecular weight excluding hydrogens is 408 g/mol. The van der Waals surface area contributed by atoms with E-state index in [1.807, 2.05) is 35.2 Å². The molecule has 0 saturated carbocycles. The van der Waals surface area contributed by atoms with Crippen LogP contribution in [-0.2, 0) is 0 Å². The predicted octanol–water partition coefficient (Wildman–Crippen LogP) is 3.53. The number of fused-ring (bicyclic) bond motifs is 2. The van der Waals surface area contributed by atoms with Gasteiger partial charge in [-0.2, -0.15) is 0 Å². The highest BCUT2D eigenvalue weighted by molar-refractivity contribution is 7.20. The summed E-state index contributed by atoms with van der Waals surface area (Å²) in [6.45, 7) is 2.63. The van der Waals surface area contributed by atoms with Gasteiger partial charge < -0.3 is 9.80 Å². The molecule has 0 radical (unpaired) electrons. The SMILES string of the molecule is O=C(c1cc2c(=O)n3ccccc3nc2s1)N1CCN(c2ccccc2Cl)CC1. The molecule has 8 heteroatoms. The smallest absolute Gasteiger partial charge is 0.266 e. The number of rotatable bonds is 2. The third kappa shape index (κ3) is 3.16. The molecule has 0 aliphatic carbocycles. The van der Waals surface area contributed by atoms with Crippen molar-refractivity contribution in [2.45, 2.75) is 0 Å². The highest BCUT2D eigenvalue weighted by Gasteiger charge is 2.25. The average molecular weight is 425 g/mol. The Bertz CT molecular complexity index is 1290. The Morgan fingerprint density at radius 1 is 1.03 bits per heavy atom. The van der Waals surface area contributed by atoms with Gasteiger partial charge in [-0.25, -0.2) is 4.98 Å². The molecule has 29 heavy (non-hydrogen) atoms. The molecule has 1 aromatic carbocycles. The lowest BCUT2D eigenvalue weighted by atomic mass is 10.2. The summed E-state index contributed by atoms with van der Waals surface area (Å²) in [6.07, 6.45) is 1.69. The fourth-order valence-corrected chi connectivity index (χ4v) is 4.92. The standard InChI is InChI=1S/C21H17ClN4O2S/c22-15-5-1-2-6-16(15)24-9-11-25(12-10-24)21(28)17-13-14-19(29-17)23-18-7-3-4-8-26(18)20(14)27/h1-8,13H,9-12H2. The number of aromatic nitrogens is 2. The molecule has 4 aromatic rings. The second-order valence-corrected chi connectivity index (χ2v) is 8.34. The first-order valence-corrected chi connectivity index (χ1v) is 10.5. The molecule has 0 atom stereocenters. The van der Waals surface area contributed by atoms with E-state index in [1.54, 1.807) is 24.4 Å². The minimum Gasteiger partial charge on any atom is -0.367 e. The lowest BCUT2D eigenvalue weighted by Gasteiger charge is -2.36. The monoisotopic (exact) mass is 424 g/mol. The zero-order valence-electron chi connectivity index (χ0n) is 15.4. The van der Waals surface area contributed by atoms with E-state index in [9.17, 15) is 9.59 Å². The Hall–Kier alpha value is -2.90. The number of nitrogens with zero attached hydrogens (tertiary/aromatic N) is 4. The Kier molecular flexibility index (Phi) is 4.49. The lowest BCUT2D eigenvalue weighted by Crippen LogP contribution is -2.48. The van der Waals surface area contributed by atoms with Gasteiger partial charge in [0, 0.05) is 32.4 Å². The number of piperazine rings is 1. The number of halogens is 1. The van der Waals surface area contributed by atoms with Crippen LogP contribution < -0.4 is 10.5 Å². The molecule has 1 aliphatic rings. The van der Waals surface area contributed by atoms with Crippen molar-refractivity contribution in [3.63, 3.8) is 0 Å². The first-order chi connectivity index (χ1) is 14.1. The zero-order chi connectivity index (χ0) is 20.0. The summed E-state index contributed by atoms with van der Waals surface area (Å²) >= 11 is 7.57. The molecule has 0 N–H and O–H groups in total. The molecule has 6 nitrogen and oxygen atoms in total. The van der Waals surface area contributed by atoms with Crippen molar-refractivity contribution >= 4 is 50.4 Å². The Morgan fingerprint density at radius 2 is 1.79 bits per heavy atom. The van der Waals surface area contributed by atoms with Gasteiger partial charge in [0.15, 0.2) is 0 Å². The molecular formula is C21H17ClN4O2S. The average Bonchev–Trinajstić information content (AvgIpc) is 3.18. The molecule has 146 valence electrons. The van der Waals surface area contributed by atoms with E-state index in [0.29, 0.717) is 46.9 Å². The van der Waals surface area contributed by atoms with Gasteiger partial charge in [0.25, 0.3) is 11.5 Å². The largest absolute Gasteiger partial charge is 0.367 e. The quantitative estimate of drug-likeness (QED) is 0.494. The zero-order valence-corrected chi connectivity index (χ0v) is 17.0. The number of benzene rings is 1. The summed E-state index contributed by atoms with van der Waals surface area (Å²) in [5.41, 5.74) is 1.43. The maximum Gasteiger partial charge on any atom is 0.266 e. The summed E-state index contributed by atoms with van der Waals surface area (Å²) in [4.78, 5) is 35.5. The molecule has 1 fully saturated rings. The highest BCUT2D eigenvalue weighted by Crippen LogP contribution is 2.27. The topological polar surface area (TPSA) is 57.9 Å². The molecule has 3 aromatic heterocycles. The summed E-state index contributed by atoms with van der Waals surface area (Å²) in [7, 11) is 0. The van der Waals surface area contributed by atoms with Crippen LogP contribution in [-0.4, -0.2) is 46.4 Å². The summed E-state index contributed by atoms with van der Waals surface area (Å²) in [5, 5.41) is 1.20. The number of hydrogen-bond donors (Lipinski definition) is 0. The van der Waals surface area contributed by atoms with Crippen LogP contribution in [0.2, 0.25) is 5.02 Å². The van der Waals surface area contributed by atoms with Crippen molar-refractivity contribution in [1.82, 2.24) is 14.3 Å². The molecule has 0 spiro atoms. The minimum absolute atomic E-state index is 0.0553. The number of amides is 1. The number of anilines is 1. The Labute approximate surface area is 175 Å². The van der Waals surface area contributed by atoms with Gasteiger partial charge in [-0.1, -0.05) is 29.8 Å². The van der Waals surface area contributed by atoms with Crippen molar-refractivity contribution < 1.29 is 4.79 Å². The summed E-state index contributed by atoms with van der Waals surface area (Å²) < 4.78 is 1.51. The van der Waals surface area contributed by atoms with Crippen molar-refractivity contribution in [1.29, 1.82) is 0 Å². The van der Waals surface area contributed by atoms with Crippen LogP contribution in [0.4, 0.5) is 5.69 Å². The van der Waals surface area contributed by atoms with E-state index in [1.165, 1.54) is 15.7 Å². The van der Waals surface area contributed by atoms with E-state index >= 15 is 0 Å². The van der Waals surface area contributed by atoms with Gasteiger partial charge in [0.2, 0.25) is 0 Å². The summed E-state index contributed by atoms with van der Waals surface area (Å²) in [6, 6.07) is 14.8. The van der Waals surface area contributed by atoms with Crippen molar-refractivity contribution in [2.75, 3.05) is 31.1 Å². The number of carbonyl (C=O) groups is 1. The second-order valence-electron chi connectivity index (χ2n) is 6.91. The number of para-hydroxylation sites is 1. The normalized spacial score (nSPS) is 14.7. The first-order valence-electron chi connectivity index (χ1n) is 9.31. The number of hydrogen-bond acceptors (Lipinski definition) is 5. The Balaban J connectivity index is 1.39. The maximum atomic E-state index is 13.0. The van der Waals surface area contributed by atoms with Crippen molar-refractivity contribution in [3.8, 4) is 0 Å². The lowest BCUT2D eigenvalue weighted by molar-refractivity contribution is 0.0752. The predicted molar refractivity (Wildman–Crippen MR) is 116 cm³/mol. The van der Waals surface area contributed by atoms with Crippen LogP contribution in [0.1, 0.15) is 9.67 Å². The van der Waals surface area contributed by atoms with Crippen LogP contribution in [0, 0.1) is 0 Å². The van der Waals surface area contributed by atoms with E-state index in [2.05, 4.69) is 9.88 Å². The van der Waals surface area contributed by atoms with Gasteiger partial charge >= 0.3 is 0 Å². The third-order valence-electron chi connectivity index (χ3n) is 5.19. The van der Waals surface area contributed by atoms with E-state index in [4.69, 9.17) is 11.6 Å². The van der Waals surface area contributed by atoms with Crippen molar-refractivity contribution in [2.24, 2.45) is 0 Å². The molecule has 1 saturated heterocycles. The van der Waals surface area contributed by atoms with Crippen LogP contribution in [0.25, 0.3) is 15.9 Å². The van der Waals surface area contributed by atoms with Crippen molar-refractivity contribution in [3.05, 3.63) is 75.0 Å². The van der Waals surface area contributed by atoms with Gasteiger partial charge in [0.1, 0.15) is 10.5 Å². The van der Waals surface area contributed by atoms with Crippen LogP contribution in [0.5, 0.6) is 0 Å². The van der Waals surface area contributed by atoms with Crippen LogP contribution in [0.3, 0.4) is 0 Å². The van der Waals surface area contributed by atoms with E-state index in [0.717, 1.165) is 10.7 Å². The Morgan fingerprint density at radius 3 is 2.59 bits per heavy atom. The van der Waals surface area contributed by atoms with Gasteiger partial charge in [-0.15, -0.1) is 11.3 Å². The van der Waals surface area contributed by atoms with E-state index in [-0.39, 0.29) is 11.5 Å². The van der Waals surface area contributed by atoms with Gasteiger partial charge in [-0.3, -0.25) is 14.0 Å². The number of pyridine rings is 1. The molecule has 1 amide bonds. The van der Waals surface area contributed by atoms with Crippen LogP contribution >= 0.6 is 22.9 Å². The first kappa shape index (κ1) is 18.1. The third-order valence-corrected chi connectivity index (χ3v) is 6.52.